The number of anilines is 1. The van der Waals surface area contributed by atoms with Crippen molar-refractivity contribution >= 4 is 34.4 Å². The topological polar surface area (TPSA) is 120 Å². The van der Waals surface area contributed by atoms with Crippen molar-refractivity contribution in [1.82, 2.24) is 24.8 Å². The summed E-state index contributed by atoms with van der Waals surface area (Å²) in [7, 11) is 1.77. The Balaban J connectivity index is 1.52. The van der Waals surface area contributed by atoms with E-state index in [9.17, 15) is 19.5 Å². The number of Topliss-reactive ketones (excluding diaryl/α,β-unsaturated/α-hetero) is 1. The number of nitrogens with zero attached hydrogens (tertiary/aromatic N) is 6. The number of ketones is 1. The van der Waals surface area contributed by atoms with Gasteiger partial charge in [0.05, 0.1) is 23.4 Å². The molecular formula is C27H30N6O4. The Labute approximate surface area is 214 Å². The van der Waals surface area contributed by atoms with Crippen molar-refractivity contribution in [3.8, 4) is 11.3 Å². The highest BCUT2D eigenvalue weighted by Crippen LogP contribution is 2.37. The SMILES string of the molecule is CC(=O)Cc1ccc(-c2ccc3ncc4c(c3n2)N(C2CCN(C(=O)[C@@H](C)O)CC2)C(=O)N(C)C4)cn1. The summed E-state index contributed by atoms with van der Waals surface area (Å²) in [5.74, 6) is -0.234. The number of fused-ring (bicyclic) bond motifs is 3. The van der Waals surface area contributed by atoms with E-state index in [1.165, 1.54) is 13.8 Å². The van der Waals surface area contributed by atoms with E-state index in [0.29, 0.717) is 54.9 Å². The Hall–Kier alpha value is -3.92. The van der Waals surface area contributed by atoms with E-state index in [-0.39, 0.29) is 30.2 Å². The van der Waals surface area contributed by atoms with Crippen molar-refractivity contribution in [3.63, 3.8) is 0 Å². The van der Waals surface area contributed by atoms with Crippen LogP contribution in [0.1, 0.15) is 37.9 Å². The van der Waals surface area contributed by atoms with Gasteiger partial charge in [-0.2, -0.15) is 0 Å². The zero-order valence-corrected chi connectivity index (χ0v) is 21.2. The lowest BCUT2D eigenvalue weighted by Crippen LogP contribution is -2.55. The Kier molecular flexibility index (Phi) is 6.59. The molecule has 1 atom stereocenters. The van der Waals surface area contributed by atoms with E-state index in [0.717, 1.165) is 16.8 Å². The molecule has 192 valence electrons. The Bertz CT molecular complexity index is 1370. The summed E-state index contributed by atoms with van der Waals surface area (Å²) in [5, 5.41) is 9.69. The van der Waals surface area contributed by atoms with E-state index < -0.39 is 6.10 Å². The number of rotatable bonds is 5. The first-order valence-electron chi connectivity index (χ1n) is 12.5. The van der Waals surface area contributed by atoms with Crippen LogP contribution in [-0.2, 0) is 22.6 Å². The molecule has 0 spiro atoms. The van der Waals surface area contributed by atoms with Crippen LogP contribution in [0.2, 0.25) is 0 Å². The summed E-state index contributed by atoms with van der Waals surface area (Å²) < 4.78 is 0. The summed E-state index contributed by atoms with van der Waals surface area (Å²) in [6, 6.07) is 7.28. The van der Waals surface area contributed by atoms with Gasteiger partial charge in [0, 0.05) is 61.8 Å². The summed E-state index contributed by atoms with van der Waals surface area (Å²) >= 11 is 0. The Morgan fingerprint density at radius 1 is 1.11 bits per heavy atom. The third kappa shape index (κ3) is 4.76. The van der Waals surface area contributed by atoms with Gasteiger partial charge < -0.3 is 14.9 Å². The zero-order chi connectivity index (χ0) is 26.3. The molecule has 5 heterocycles. The van der Waals surface area contributed by atoms with Crippen LogP contribution in [0.15, 0.2) is 36.7 Å². The average Bonchev–Trinajstić information content (AvgIpc) is 2.89. The van der Waals surface area contributed by atoms with Gasteiger partial charge in [-0.15, -0.1) is 0 Å². The second-order valence-corrected chi connectivity index (χ2v) is 9.85. The van der Waals surface area contributed by atoms with E-state index in [4.69, 9.17) is 4.98 Å². The molecular weight excluding hydrogens is 472 g/mol. The first kappa shape index (κ1) is 24.8. The molecule has 0 bridgehead atoms. The highest BCUT2D eigenvalue weighted by atomic mass is 16.3. The molecule has 3 aromatic rings. The lowest BCUT2D eigenvalue weighted by molar-refractivity contribution is -0.140. The highest BCUT2D eigenvalue weighted by Gasteiger charge is 2.38. The molecule has 0 aliphatic carbocycles. The van der Waals surface area contributed by atoms with Crippen LogP contribution in [-0.4, -0.2) is 79.9 Å². The molecule has 1 N–H and O–H groups in total. The van der Waals surface area contributed by atoms with Gasteiger partial charge >= 0.3 is 6.03 Å². The molecule has 0 unspecified atom stereocenters. The summed E-state index contributed by atoms with van der Waals surface area (Å²) in [5.41, 5.74) is 5.22. The predicted molar refractivity (Wildman–Crippen MR) is 138 cm³/mol. The monoisotopic (exact) mass is 502 g/mol. The molecule has 3 amide bonds. The number of amides is 3. The number of carbonyl (C=O) groups is 3. The molecule has 10 heteroatoms. The Morgan fingerprint density at radius 3 is 2.51 bits per heavy atom. The van der Waals surface area contributed by atoms with Crippen LogP contribution in [0.5, 0.6) is 0 Å². The second-order valence-electron chi connectivity index (χ2n) is 9.85. The lowest BCUT2D eigenvalue weighted by Gasteiger charge is -2.43. The maximum atomic E-state index is 13.5. The number of aliphatic hydroxyl groups is 1. The number of carbonyl (C=O) groups excluding carboxylic acids is 3. The highest BCUT2D eigenvalue weighted by molar-refractivity contribution is 6.04. The third-order valence-electron chi connectivity index (χ3n) is 6.99. The van der Waals surface area contributed by atoms with Crippen LogP contribution in [0, 0.1) is 0 Å². The quantitative estimate of drug-likeness (QED) is 0.569. The van der Waals surface area contributed by atoms with E-state index >= 15 is 0 Å². The minimum atomic E-state index is -1.04. The van der Waals surface area contributed by atoms with Gasteiger partial charge in [-0.05, 0) is 51.0 Å². The summed E-state index contributed by atoms with van der Waals surface area (Å²) in [6.07, 6.45) is 3.96. The number of piperidine rings is 1. The van der Waals surface area contributed by atoms with Crippen molar-refractivity contribution < 1.29 is 19.5 Å². The molecule has 0 aromatic carbocycles. The first-order valence-corrected chi connectivity index (χ1v) is 12.5. The average molecular weight is 503 g/mol. The lowest BCUT2D eigenvalue weighted by atomic mass is 9.99. The molecule has 1 fully saturated rings. The second kappa shape index (κ2) is 9.85. The van der Waals surface area contributed by atoms with Crippen molar-refractivity contribution in [2.75, 3.05) is 25.0 Å². The van der Waals surface area contributed by atoms with Crippen LogP contribution in [0.3, 0.4) is 0 Å². The number of hydrogen-bond acceptors (Lipinski definition) is 7. The van der Waals surface area contributed by atoms with Crippen LogP contribution in [0.25, 0.3) is 22.3 Å². The van der Waals surface area contributed by atoms with Gasteiger partial charge in [0.1, 0.15) is 17.4 Å². The molecule has 0 saturated carbocycles. The minimum absolute atomic E-state index is 0.0533. The van der Waals surface area contributed by atoms with Gasteiger partial charge in [-0.25, -0.2) is 9.78 Å². The van der Waals surface area contributed by atoms with Crippen LogP contribution >= 0.6 is 0 Å². The number of urea groups is 1. The molecule has 2 aliphatic rings. The fraction of sp³-hybridized carbons (Fsp3) is 0.407. The van der Waals surface area contributed by atoms with Crippen molar-refractivity contribution in [2.45, 2.75) is 51.8 Å². The standard InChI is InChI=1S/C27H30N6O4/c1-16(34)12-20-5-4-18(13-28-20)22-6-7-23-24(30-22)25-19(14-29-23)15-31(3)27(37)33(25)21-8-10-32(11-9-21)26(36)17(2)35/h4-7,13-14,17,21,35H,8-12,15H2,1-3H3/t17-/m1/s1. The molecule has 10 nitrogen and oxygen atoms in total. The van der Waals surface area contributed by atoms with Crippen molar-refractivity contribution in [3.05, 3.63) is 47.9 Å². The number of aromatic nitrogens is 3. The number of pyridine rings is 3. The van der Waals surface area contributed by atoms with E-state index in [1.54, 1.807) is 29.2 Å². The van der Waals surface area contributed by atoms with Crippen molar-refractivity contribution in [1.29, 1.82) is 0 Å². The Morgan fingerprint density at radius 2 is 1.86 bits per heavy atom. The number of likely N-dealkylation sites (tertiary alicyclic amines) is 1. The van der Waals surface area contributed by atoms with E-state index in [1.807, 2.05) is 29.2 Å². The van der Waals surface area contributed by atoms with Crippen LogP contribution < -0.4 is 4.90 Å². The third-order valence-corrected chi connectivity index (χ3v) is 6.99. The van der Waals surface area contributed by atoms with Crippen molar-refractivity contribution in [2.24, 2.45) is 0 Å². The fourth-order valence-electron chi connectivity index (χ4n) is 5.12. The first-order chi connectivity index (χ1) is 17.7. The molecule has 3 aromatic heterocycles. The van der Waals surface area contributed by atoms with Crippen LogP contribution in [0.4, 0.5) is 10.5 Å². The van der Waals surface area contributed by atoms with Gasteiger partial charge in [-0.1, -0.05) is 0 Å². The zero-order valence-electron chi connectivity index (χ0n) is 21.2. The maximum Gasteiger partial charge on any atom is 0.324 e. The minimum Gasteiger partial charge on any atom is -0.384 e. The predicted octanol–water partition coefficient (Wildman–Crippen LogP) is 2.57. The largest absolute Gasteiger partial charge is 0.384 e. The number of aliphatic hydroxyl groups excluding tert-OH is 1. The smallest absolute Gasteiger partial charge is 0.324 e. The summed E-state index contributed by atoms with van der Waals surface area (Å²) in [6.45, 7) is 4.38. The maximum absolute atomic E-state index is 13.5. The van der Waals surface area contributed by atoms with Gasteiger partial charge in [0.2, 0.25) is 0 Å². The van der Waals surface area contributed by atoms with E-state index in [2.05, 4.69) is 9.97 Å². The van der Waals surface area contributed by atoms with Gasteiger partial charge in [0.15, 0.2) is 0 Å². The molecule has 37 heavy (non-hydrogen) atoms. The van der Waals surface area contributed by atoms with Gasteiger partial charge in [-0.3, -0.25) is 24.5 Å². The molecule has 2 aliphatic heterocycles. The molecule has 0 radical (unpaired) electrons. The number of hydrogen-bond donors (Lipinski definition) is 1. The molecule has 1 saturated heterocycles. The fourth-order valence-corrected chi connectivity index (χ4v) is 5.12. The molecule has 5 rings (SSSR count). The summed E-state index contributed by atoms with van der Waals surface area (Å²) in [4.78, 5) is 56.3. The normalized spacial score (nSPS) is 17.2. The van der Waals surface area contributed by atoms with Gasteiger partial charge in [0.25, 0.3) is 5.91 Å².